The molecule has 3 heterocycles. The molecule has 1 aromatic carbocycles. The van der Waals surface area contributed by atoms with E-state index in [1.165, 1.54) is 11.1 Å². The molecule has 2 aromatic heterocycles. The van der Waals surface area contributed by atoms with E-state index in [4.69, 9.17) is 5.73 Å². The molecule has 31 heavy (non-hydrogen) atoms. The standard InChI is InChI=1S/C19H22BrN9O2/c1-12(13-5-7-14(20)8-6-13)22-24-19(30)16-15(11-28-9-3-2-4-10-28)23-27-29(16)18-17(21)25-31-26-18/h5-8H,2-4,9-11H2,1H3,(H2,21,25)(H,24,30)/b22-12+. The number of aromatic nitrogens is 5. The summed E-state index contributed by atoms with van der Waals surface area (Å²) in [6.07, 6.45) is 3.45. The van der Waals surface area contributed by atoms with Gasteiger partial charge in [-0.05, 0) is 60.9 Å². The average Bonchev–Trinajstić information content (AvgIpc) is 3.38. The van der Waals surface area contributed by atoms with E-state index in [1.54, 1.807) is 0 Å². The number of nitrogens with two attached hydrogens (primary N) is 1. The van der Waals surface area contributed by atoms with Gasteiger partial charge in [0.15, 0.2) is 5.69 Å². The van der Waals surface area contributed by atoms with Gasteiger partial charge in [0.25, 0.3) is 5.91 Å². The summed E-state index contributed by atoms with van der Waals surface area (Å²) in [4.78, 5) is 15.4. The van der Waals surface area contributed by atoms with Crippen LogP contribution in [0.3, 0.4) is 0 Å². The number of anilines is 1. The minimum absolute atomic E-state index is 0.0121. The van der Waals surface area contributed by atoms with Gasteiger partial charge >= 0.3 is 0 Å². The lowest BCUT2D eigenvalue weighted by Gasteiger charge is -2.25. The number of benzene rings is 1. The molecule has 1 saturated heterocycles. The Morgan fingerprint density at radius 1 is 1.23 bits per heavy atom. The molecule has 0 unspecified atom stereocenters. The highest BCUT2D eigenvalue weighted by atomic mass is 79.9. The average molecular weight is 488 g/mol. The number of hydrogen-bond acceptors (Lipinski definition) is 9. The normalized spacial score (nSPS) is 15.2. The Balaban J connectivity index is 1.61. The number of rotatable bonds is 6. The summed E-state index contributed by atoms with van der Waals surface area (Å²) in [7, 11) is 0. The molecule has 1 aliphatic heterocycles. The van der Waals surface area contributed by atoms with Gasteiger partial charge < -0.3 is 5.73 Å². The third-order valence-corrected chi connectivity index (χ3v) is 5.59. The number of amides is 1. The molecule has 11 nitrogen and oxygen atoms in total. The van der Waals surface area contributed by atoms with E-state index < -0.39 is 5.91 Å². The topological polar surface area (TPSA) is 140 Å². The molecule has 0 bridgehead atoms. The lowest BCUT2D eigenvalue weighted by atomic mass is 10.1. The van der Waals surface area contributed by atoms with Crippen molar-refractivity contribution in [3.05, 3.63) is 45.7 Å². The van der Waals surface area contributed by atoms with Gasteiger partial charge in [-0.2, -0.15) is 9.78 Å². The Bertz CT molecular complexity index is 1080. The third-order valence-electron chi connectivity index (χ3n) is 5.06. The number of nitrogen functional groups attached to an aromatic ring is 1. The van der Waals surface area contributed by atoms with Gasteiger partial charge in [-0.1, -0.05) is 39.7 Å². The van der Waals surface area contributed by atoms with Crippen molar-refractivity contribution in [1.82, 2.24) is 35.6 Å². The maximum absolute atomic E-state index is 13.1. The van der Waals surface area contributed by atoms with Crippen LogP contribution in [0.4, 0.5) is 5.82 Å². The Hall–Kier alpha value is -3.12. The monoisotopic (exact) mass is 487 g/mol. The van der Waals surface area contributed by atoms with Crippen LogP contribution in [0.5, 0.6) is 0 Å². The Labute approximate surface area is 186 Å². The first-order valence-corrected chi connectivity index (χ1v) is 10.7. The van der Waals surface area contributed by atoms with Crippen molar-refractivity contribution in [2.24, 2.45) is 5.10 Å². The van der Waals surface area contributed by atoms with Crippen molar-refractivity contribution in [2.45, 2.75) is 32.7 Å². The van der Waals surface area contributed by atoms with E-state index in [-0.39, 0.29) is 17.3 Å². The lowest BCUT2D eigenvalue weighted by Crippen LogP contribution is -2.31. The van der Waals surface area contributed by atoms with Crippen LogP contribution in [0.15, 0.2) is 38.5 Å². The molecule has 3 N–H and O–H groups in total. The molecule has 1 fully saturated rings. The molecular weight excluding hydrogens is 466 g/mol. The number of carbonyl (C=O) groups is 1. The van der Waals surface area contributed by atoms with Gasteiger partial charge in [-0.15, -0.1) is 5.10 Å². The number of halogens is 1. The lowest BCUT2D eigenvalue weighted by molar-refractivity contribution is 0.0944. The first-order valence-electron chi connectivity index (χ1n) is 9.89. The Morgan fingerprint density at radius 2 is 1.97 bits per heavy atom. The minimum atomic E-state index is -0.476. The largest absolute Gasteiger partial charge is 0.378 e. The third kappa shape index (κ3) is 4.80. The number of hydrazone groups is 1. The quantitative estimate of drug-likeness (QED) is 0.397. The SMILES string of the molecule is C/C(=N\NC(=O)c1c(CN2CCCCC2)nnn1-c1nonc1N)c1ccc(Br)cc1. The first-order chi connectivity index (χ1) is 15.0. The number of nitrogens with one attached hydrogen (secondary N) is 1. The summed E-state index contributed by atoms with van der Waals surface area (Å²) in [5.74, 6) is -0.356. The molecule has 4 rings (SSSR count). The number of carbonyl (C=O) groups excluding carboxylic acids is 1. The molecule has 0 saturated carbocycles. The predicted octanol–water partition coefficient (Wildman–Crippen LogP) is 2.13. The summed E-state index contributed by atoms with van der Waals surface area (Å²) >= 11 is 3.41. The van der Waals surface area contributed by atoms with E-state index >= 15 is 0 Å². The van der Waals surface area contributed by atoms with Crippen LogP contribution in [-0.2, 0) is 6.54 Å². The van der Waals surface area contributed by atoms with E-state index in [9.17, 15) is 4.79 Å². The van der Waals surface area contributed by atoms with E-state index in [0.29, 0.717) is 18.0 Å². The summed E-state index contributed by atoms with van der Waals surface area (Å²) in [6.45, 7) is 4.20. The number of nitrogens with zero attached hydrogens (tertiary/aromatic N) is 7. The molecule has 0 radical (unpaired) electrons. The van der Waals surface area contributed by atoms with Crippen molar-refractivity contribution in [3.8, 4) is 5.82 Å². The number of likely N-dealkylation sites (tertiary alicyclic amines) is 1. The van der Waals surface area contributed by atoms with E-state index in [0.717, 1.165) is 36.0 Å². The second kappa shape index (κ2) is 9.35. The van der Waals surface area contributed by atoms with Crippen molar-refractivity contribution < 1.29 is 9.42 Å². The van der Waals surface area contributed by atoms with Crippen LogP contribution in [0, 0.1) is 0 Å². The fraction of sp³-hybridized carbons (Fsp3) is 0.368. The van der Waals surface area contributed by atoms with Gasteiger partial charge in [0.2, 0.25) is 11.6 Å². The molecule has 0 atom stereocenters. The summed E-state index contributed by atoms with van der Waals surface area (Å²) in [5.41, 5.74) is 10.7. The fourth-order valence-corrected chi connectivity index (χ4v) is 3.67. The highest BCUT2D eigenvalue weighted by molar-refractivity contribution is 9.10. The molecule has 0 aliphatic carbocycles. The summed E-state index contributed by atoms with van der Waals surface area (Å²) in [6, 6.07) is 7.63. The molecule has 12 heteroatoms. The smallest absolute Gasteiger partial charge is 0.292 e. The van der Waals surface area contributed by atoms with Crippen LogP contribution in [-0.4, -0.2) is 54.9 Å². The van der Waals surface area contributed by atoms with Gasteiger partial charge in [0.05, 0.1) is 5.71 Å². The van der Waals surface area contributed by atoms with Crippen LogP contribution in [0.1, 0.15) is 47.9 Å². The van der Waals surface area contributed by atoms with E-state index in [1.807, 2.05) is 31.2 Å². The van der Waals surface area contributed by atoms with Gasteiger partial charge in [0, 0.05) is 11.0 Å². The zero-order chi connectivity index (χ0) is 21.8. The van der Waals surface area contributed by atoms with Crippen LogP contribution >= 0.6 is 15.9 Å². The van der Waals surface area contributed by atoms with Crippen LogP contribution < -0.4 is 11.2 Å². The van der Waals surface area contributed by atoms with Crippen molar-refractivity contribution in [1.29, 1.82) is 0 Å². The zero-order valence-electron chi connectivity index (χ0n) is 17.0. The molecule has 1 aliphatic rings. The van der Waals surface area contributed by atoms with Gasteiger partial charge in [0.1, 0.15) is 5.69 Å². The van der Waals surface area contributed by atoms with Gasteiger partial charge in [-0.3, -0.25) is 9.69 Å². The zero-order valence-corrected chi connectivity index (χ0v) is 18.5. The molecule has 3 aromatic rings. The Kier molecular flexibility index (Phi) is 6.37. The highest BCUT2D eigenvalue weighted by Gasteiger charge is 2.26. The maximum Gasteiger partial charge on any atom is 0.292 e. The molecule has 1 amide bonds. The van der Waals surface area contributed by atoms with Gasteiger partial charge in [-0.25, -0.2) is 10.1 Å². The molecular formula is C19H22BrN9O2. The van der Waals surface area contributed by atoms with Crippen LogP contribution in [0.2, 0.25) is 0 Å². The maximum atomic E-state index is 13.1. The second-order valence-corrected chi connectivity index (χ2v) is 8.17. The predicted molar refractivity (Wildman–Crippen MR) is 117 cm³/mol. The molecule has 162 valence electrons. The van der Waals surface area contributed by atoms with Crippen LogP contribution in [0.25, 0.3) is 5.82 Å². The van der Waals surface area contributed by atoms with E-state index in [2.05, 4.69) is 56.6 Å². The Morgan fingerprint density at radius 3 is 2.65 bits per heavy atom. The summed E-state index contributed by atoms with van der Waals surface area (Å²) < 4.78 is 6.88. The fourth-order valence-electron chi connectivity index (χ4n) is 3.41. The van der Waals surface area contributed by atoms with Crippen molar-refractivity contribution in [2.75, 3.05) is 18.8 Å². The highest BCUT2D eigenvalue weighted by Crippen LogP contribution is 2.19. The summed E-state index contributed by atoms with van der Waals surface area (Å²) in [5, 5.41) is 19.9. The second-order valence-electron chi connectivity index (χ2n) is 7.25. The van der Waals surface area contributed by atoms with Crippen molar-refractivity contribution >= 4 is 33.4 Å². The van der Waals surface area contributed by atoms with Crippen molar-refractivity contribution in [3.63, 3.8) is 0 Å². The molecule has 0 spiro atoms. The number of hydrogen-bond donors (Lipinski definition) is 2. The minimum Gasteiger partial charge on any atom is -0.378 e. The number of piperidine rings is 1. The first kappa shape index (κ1) is 21.1.